The number of carbonyl (C=O) groups is 1. The number of carbonyl (C=O) groups excluding carboxylic acids is 1. The van der Waals surface area contributed by atoms with Gasteiger partial charge in [0.25, 0.3) is 5.91 Å². The Morgan fingerprint density at radius 2 is 1.70 bits per heavy atom. The summed E-state index contributed by atoms with van der Waals surface area (Å²) in [4.78, 5) is 14.0. The maximum atomic E-state index is 12.3. The molecular weight excluding hydrogens is 344 g/mol. The van der Waals surface area contributed by atoms with Gasteiger partial charge in [-0.15, -0.1) is 0 Å². The van der Waals surface area contributed by atoms with E-state index < -0.39 is 10.0 Å². The zero-order valence-corrected chi connectivity index (χ0v) is 13.7. The van der Waals surface area contributed by atoms with E-state index in [2.05, 4.69) is 15.9 Å². The van der Waals surface area contributed by atoms with E-state index in [9.17, 15) is 13.2 Å². The van der Waals surface area contributed by atoms with Crippen LogP contribution in [0.4, 0.5) is 0 Å². The Balaban J connectivity index is 2.01. The Morgan fingerprint density at radius 3 is 2.15 bits per heavy atom. The highest BCUT2D eigenvalue weighted by molar-refractivity contribution is 9.08. The first-order valence-electron chi connectivity index (χ1n) is 6.31. The van der Waals surface area contributed by atoms with Crippen molar-refractivity contribution in [2.75, 3.05) is 32.4 Å². The number of nitrogens with zero attached hydrogens (tertiary/aromatic N) is 2. The van der Waals surface area contributed by atoms with Crippen LogP contribution >= 0.6 is 15.9 Å². The second-order valence-electron chi connectivity index (χ2n) is 4.78. The molecule has 110 valence electrons. The summed E-state index contributed by atoms with van der Waals surface area (Å²) in [5.74, 6) is -0.0423. The second-order valence-corrected chi connectivity index (χ2v) is 7.33. The van der Waals surface area contributed by atoms with Gasteiger partial charge >= 0.3 is 0 Å². The highest BCUT2D eigenvalue weighted by Crippen LogP contribution is 2.13. The van der Waals surface area contributed by atoms with Crippen LogP contribution in [-0.4, -0.2) is 56.0 Å². The van der Waals surface area contributed by atoms with E-state index in [1.165, 1.54) is 10.6 Å². The van der Waals surface area contributed by atoms with Crippen LogP contribution in [0.1, 0.15) is 15.9 Å². The number of hydrogen-bond acceptors (Lipinski definition) is 3. The van der Waals surface area contributed by atoms with Gasteiger partial charge < -0.3 is 4.90 Å². The average molecular weight is 361 g/mol. The number of alkyl halides is 1. The number of piperazine rings is 1. The summed E-state index contributed by atoms with van der Waals surface area (Å²) in [6, 6.07) is 7.44. The zero-order valence-electron chi connectivity index (χ0n) is 11.3. The molecule has 1 heterocycles. The molecule has 1 aromatic rings. The van der Waals surface area contributed by atoms with Crippen molar-refractivity contribution >= 4 is 31.9 Å². The van der Waals surface area contributed by atoms with Crippen molar-refractivity contribution < 1.29 is 13.2 Å². The molecule has 20 heavy (non-hydrogen) atoms. The van der Waals surface area contributed by atoms with Crippen LogP contribution in [0, 0.1) is 0 Å². The summed E-state index contributed by atoms with van der Waals surface area (Å²) >= 11 is 3.36. The fourth-order valence-corrected chi connectivity index (χ4v) is 3.34. The maximum Gasteiger partial charge on any atom is 0.253 e. The molecule has 0 saturated carbocycles. The lowest BCUT2D eigenvalue weighted by Gasteiger charge is -2.33. The van der Waals surface area contributed by atoms with Gasteiger partial charge in [-0.2, -0.15) is 4.31 Å². The molecule has 0 radical (unpaired) electrons. The fraction of sp³-hybridized carbons (Fsp3) is 0.462. The molecule has 1 amide bonds. The van der Waals surface area contributed by atoms with Crippen molar-refractivity contribution in [1.82, 2.24) is 9.21 Å². The van der Waals surface area contributed by atoms with Crippen LogP contribution in [0.15, 0.2) is 24.3 Å². The number of amides is 1. The van der Waals surface area contributed by atoms with Crippen molar-refractivity contribution in [2.45, 2.75) is 5.33 Å². The molecule has 1 fully saturated rings. The smallest absolute Gasteiger partial charge is 0.253 e. The molecule has 0 unspecified atom stereocenters. The van der Waals surface area contributed by atoms with Crippen molar-refractivity contribution in [3.05, 3.63) is 35.4 Å². The Bertz CT molecular complexity index is 578. The molecule has 1 aliphatic rings. The van der Waals surface area contributed by atoms with Gasteiger partial charge in [0.15, 0.2) is 0 Å². The third-order valence-electron chi connectivity index (χ3n) is 3.35. The summed E-state index contributed by atoms with van der Waals surface area (Å²) in [6.07, 6.45) is 1.20. The van der Waals surface area contributed by atoms with Crippen LogP contribution in [0.2, 0.25) is 0 Å². The summed E-state index contributed by atoms with van der Waals surface area (Å²) in [5, 5.41) is 0.758. The zero-order chi connectivity index (χ0) is 14.8. The van der Waals surface area contributed by atoms with Gasteiger partial charge in [-0.05, 0) is 17.7 Å². The van der Waals surface area contributed by atoms with Gasteiger partial charge in [0.1, 0.15) is 0 Å². The summed E-state index contributed by atoms with van der Waals surface area (Å²) in [5.41, 5.74) is 1.76. The third kappa shape index (κ3) is 3.59. The molecule has 1 aromatic carbocycles. The lowest BCUT2D eigenvalue weighted by molar-refractivity contribution is 0.0698. The van der Waals surface area contributed by atoms with E-state index in [-0.39, 0.29) is 5.91 Å². The molecule has 0 aliphatic carbocycles. The monoisotopic (exact) mass is 360 g/mol. The van der Waals surface area contributed by atoms with E-state index >= 15 is 0 Å². The molecule has 5 nitrogen and oxygen atoms in total. The van der Waals surface area contributed by atoms with Crippen LogP contribution in [-0.2, 0) is 15.4 Å². The summed E-state index contributed by atoms with van der Waals surface area (Å²) < 4.78 is 24.3. The highest BCUT2D eigenvalue weighted by atomic mass is 79.9. The van der Waals surface area contributed by atoms with Gasteiger partial charge in [0.2, 0.25) is 10.0 Å². The highest BCUT2D eigenvalue weighted by Gasteiger charge is 2.26. The third-order valence-corrected chi connectivity index (χ3v) is 5.30. The first-order chi connectivity index (χ1) is 9.41. The van der Waals surface area contributed by atoms with Gasteiger partial charge in [-0.1, -0.05) is 28.1 Å². The van der Waals surface area contributed by atoms with Crippen LogP contribution in [0.25, 0.3) is 0 Å². The molecule has 0 atom stereocenters. The molecule has 7 heteroatoms. The Kier molecular flexibility index (Phi) is 4.82. The Labute approximate surface area is 127 Å². The minimum atomic E-state index is -3.16. The molecule has 1 aliphatic heterocycles. The molecule has 1 saturated heterocycles. The maximum absolute atomic E-state index is 12.3. The van der Waals surface area contributed by atoms with Crippen LogP contribution in [0.3, 0.4) is 0 Å². The quantitative estimate of drug-likeness (QED) is 0.763. The standard InChI is InChI=1S/C13H17BrN2O3S/c1-20(18,19)16-8-6-15(7-9-16)13(17)12-4-2-11(10-14)3-5-12/h2-5H,6-10H2,1H3. The summed E-state index contributed by atoms with van der Waals surface area (Å²) in [7, 11) is -3.16. The van der Waals surface area contributed by atoms with E-state index in [0.717, 1.165) is 10.9 Å². The minimum Gasteiger partial charge on any atom is -0.336 e. The van der Waals surface area contributed by atoms with E-state index in [1.807, 2.05) is 24.3 Å². The first kappa shape index (κ1) is 15.5. The molecule has 0 N–H and O–H groups in total. The van der Waals surface area contributed by atoms with Gasteiger partial charge in [-0.3, -0.25) is 4.79 Å². The van der Waals surface area contributed by atoms with E-state index in [0.29, 0.717) is 31.7 Å². The SMILES string of the molecule is CS(=O)(=O)N1CCN(C(=O)c2ccc(CBr)cc2)CC1. The Hall–Kier alpha value is -0.920. The molecule has 0 bridgehead atoms. The average Bonchev–Trinajstić information content (AvgIpc) is 2.46. The van der Waals surface area contributed by atoms with E-state index in [4.69, 9.17) is 0 Å². The number of hydrogen-bond donors (Lipinski definition) is 0. The molecule has 0 aromatic heterocycles. The van der Waals surface area contributed by atoms with Crippen LogP contribution in [0.5, 0.6) is 0 Å². The molecule has 2 rings (SSSR count). The van der Waals surface area contributed by atoms with Gasteiger partial charge in [-0.25, -0.2) is 8.42 Å². The number of halogens is 1. The molecule has 0 spiro atoms. The predicted octanol–water partition coefficient (Wildman–Crippen LogP) is 1.30. The van der Waals surface area contributed by atoms with Gasteiger partial charge in [0.05, 0.1) is 6.26 Å². The van der Waals surface area contributed by atoms with E-state index in [1.54, 1.807) is 4.90 Å². The van der Waals surface area contributed by atoms with Crippen molar-refractivity contribution in [2.24, 2.45) is 0 Å². The summed E-state index contributed by atoms with van der Waals surface area (Å²) in [6.45, 7) is 1.60. The fourth-order valence-electron chi connectivity index (χ4n) is 2.14. The van der Waals surface area contributed by atoms with Crippen LogP contribution < -0.4 is 0 Å². The minimum absolute atomic E-state index is 0.0423. The van der Waals surface area contributed by atoms with Gasteiger partial charge in [0, 0.05) is 37.1 Å². The first-order valence-corrected chi connectivity index (χ1v) is 9.28. The van der Waals surface area contributed by atoms with Crippen molar-refractivity contribution in [3.8, 4) is 0 Å². The lowest BCUT2D eigenvalue weighted by atomic mass is 10.1. The lowest BCUT2D eigenvalue weighted by Crippen LogP contribution is -2.50. The molecular formula is C13H17BrN2O3S. The largest absolute Gasteiger partial charge is 0.336 e. The number of sulfonamides is 1. The number of rotatable bonds is 3. The van der Waals surface area contributed by atoms with Crippen molar-refractivity contribution in [1.29, 1.82) is 0 Å². The topological polar surface area (TPSA) is 57.7 Å². The normalized spacial score (nSPS) is 17.2. The van der Waals surface area contributed by atoms with Crippen molar-refractivity contribution in [3.63, 3.8) is 0 Å². The predicted molar refractivity (Wildman–Crippen MR) is 81.4 cm³/mol. The Morgan fingerprint density at radius 1 is 1.15 bits per heavy atom. The second kappa shape index (κ2) is 6.24. The number of benzene rings is 1.